The molecule has 0 spiro atoms. The van der Waals surface area contributed by atoms with E-state index in [0.29, 0.717) is 5.95 Å². The first-order valence-corrected chi connectivity index (χ1v) is 6.85. The quantitative estimate of drug-likeness (QED) is 0.909. The normalized spacial score (nSPS) is 10.3. The summed E-state index contributed by atoms with van der Waals surface area (Å²) in [4.78, 5) is 9.79. The van der Waals surface area contributed by atoms with Gasteiger partial charge in [-0.2, -0.15) is 4.98 Å². The molecule has 0 aliphatic rings. The summed E-state index contributed by atoms with van der Waals surface area (Å²) in [5.41, 5.74) is 1.04. The maximum absolute atomic E-state index is 4.38. The first kappa shape index (κ1) is 12.3. The lowest BCUT2D eigenvalue weighted by atomic mass is 10.3. The van der Waals surface area contributed by atoms with E-state index in [1.807, 2.05) is 26.2 Å². The van der Waals surface area contributed by atoms with Gasteiger partial charge >= 0.3 is 0 Å². The first-order valence-electron chi connectivity index (χ1n) is 5.18. The van der Waals surface area contributed by atoms with Crippen LogP contribution in [0.2, 0.25) is 0 Å². The molecule has 0 aliphatic carbocycles. The summed E-state index contributed by atoms with van der Waals surface area (Å²) >= 11 is 5.23. The second kappa shape index (κ2) is 5.46. The molecule has 2 aromatic heterocycles. The second-order valence-electron chi connectivity index (χ2n) is 3.52. The van der Waals surface area contributed by atoms with Crippen LogP contribution in [0.15, 0.2) is 22.1 Å². The van der Waals surface area contributed by atoms with E-state index >= 15 is 0 Å². The van der Waals surface area contributed by atoms with E-state index in [0.717, 1.165) is 22.4 Å². The lowest BCUT2D eigenvalue weighted by Crippen LogP contribution is -2.05. The summed E-state index contributed by atoms with van der Waals surface area (Å²) in [5.74, 6) is 1.49. The van der Waals surface area contributed by atoms with Gasteiger partial charge in [-0.25, -0.2) is 4.98 Å². The average Bonchev–Trinajstić information content (AvgIpc) is 2.74. The topological polar surface area (TPSA) is 49.8 Å². The maximum atomic E-state index is 4.38. The third-order valence-corrected chi connectivity index (χ3v) is 4.23. The van der Waals surface area contributed by atoms with E-state index < -0.39 is 0 Å². The highest BCUT2D eigenvalue weighted by atomic mass is 79.9. The van der Waals surface area contributed by atoms with Crippen molar-refractivity contribution in [2.45, 2.75) is 13.5 Å². The Bertz CT molecular complexity index is 512. The molecule has 4 nitrogen and oxygen atoms in total. The summed E-state index contributed by atoms with van der Waals surface area (Å²) in [5, 5.41) is 8.31. The van der Waals surface area contributed by atoms with Gasteiger partial charge in [-0.15, -0.1) is 11.3 Å². The molecule has 0 aliphatic heterocycles. The molecule has 2 N–H and O–H groups in total. The number of nitrogens with one attached hydrogen (secondary N) is 2. The molecular formula is C11H13BrN4S. The Kier molecular flexibility index (Phi) is 3.96. The average molecular weight is 313 g/mol. The number of nitrogens with zero attached hydrogens (tertiary/aromatic N) is 2. The van der Waals surface area contributed by atoms with Crippen LogP contribution >= 0.6 is 27.3 Å². The molecule has 0 fully saturated rings. The highest BCUT2D eigenvalue weighted by molar-refractivity contribution is 9.10. The van der Waals surface area contributed by atoms with Crippen LogP contribution < -0.4 is 10.6 Å². The van der Waals surface area contributed by atoms with E-state index in [1.165, 1.54) is 4.88 Å². The van der Waals surface area contributed by atoms with Gasteiger partial charge in [0, 0.05) is 28.2 Å². The summed E-state index contributed by atoms with van der Waals surface area (Å²) in [6.07, 6.45) is 1.81. The minimum atomic E-state index is 0.628. The zero-order valence-electron chi connectivity index (χ0n) is 9.62. The van der Waals surface area contributed by atoms with Crippen LogP contribution in [0.5, 0.6) is 0 Å². The first-order chi connectivity index (χ1) is 8.20. The third kappa shape index (κ3) is 2.95. The monoisotopic (exact) mass is 312 g/mol. The smallest absolute Gasteiger partial charge is 0.224 e. The SMILES string of the molecule is CNc1ncc(C)c(NCc2sccc2Br)n1. The van der Waals surface area contributed by atoms with E-state index in [9.17, 15) is 0 Å². The third-order valence-electron chi connectivity index (χ3n) is 2.30. The van der Waals surface area contributed by atoms with E-state index in [1.54, 1.807) is 11.3 Å². The Morgan fingerprint density at radius 2 is 2.29 bits per heavy atom. The van der Waals surface area contributed by atoms with Crippen molar-refractivity contribution in [1.29, 1.82) is 0 Å². The van der Waals surface area contributed by atoms with Crippen LogP contribution in [-0.4, -0.2) is 17.0 Å². The molecule has 2 aromatic rings. The molecule has 0 bridgehead atoms. The molecule has 17 heavy (non-hydrogen) atoms. The second-order valence-corrected chi connectivity index (χ2v) is 5.38. The van der Waals surface area contributed by atoms with Gasteiger partial charge in [0.1, 0.15) is 5.82 Å². The van der Waals surface area contributed by atoms with Gasteiger partial charge in [0.2, 0.25) is 5.95 Å². The Balaban J connectivity index is 2.11. The van der Waals surface area contributed by atoms with Crippen molar-refractivity contribution in [2.75, 3.05) is 17.7 Å². The maximum Gasteiger partial charge on any atom is 0.224 e. The van der Waals surface area contributed by atoms with Gasteiger partial charge in [-0.05, 0) is 34.3 Å². The molecule has 0 saturated heterocycles. The number of halogens is 1. The van der Waals surface area contributed by atoms with E-state index in [4.69, 9.17) is 0 Å². The minimum absolute atomic E-state index is 0.628. The Hall–Kier alpha value is -1.14. The van der Waals surface area contributed by atoms with Crippen molar-refractivity contribution < 1.29 is 0 Å². The fourth-order valence-electron chi connectivity index (χ4n) is 1.36. The molecule has 0 radical (unpaired) electrons. The van der Waals surface area contributed by atoms with Gasteiger partial charge in [0.05, 0.1) is 6.54 Å². The van der Waals surface area contributed by atoms with Crippen molar-refractivity contribution in [1.82, 2.24) is 9.97 Å². The Morgan fingerprint density at radius 3 is 2.94 bits per heavy atom. The summed E-state index contributed by atoms with van der Waals surface area (Å²) in [6.45, 7) is 2.75. The van der Waals surface area contributed by atoms with Crippen LogP contribution in [0.25, 0.3) is 0 Å². The summed E-state index contributed by atoms with van der Waals surface area (Å²) < 4.78 is 1.13. The number of hydrogen-bond donors (Lipinski definition) is 2. The van der Waals surface area contributed by atoms with Gasteiger partial charge in [-0.3, -0.25) is 0 Å². The Labute approximate surface area is 113 Å². The molecule has 0 unspecified atom stereocenters. The number of thiophene rings is 1. The van der Waals surface area contributed by atoms with Crippen molar-refractivity contribution in [3.8, 4) is 0 Å². The standard InChI is InChI=1S/C11H13BrN4S/c1-7-5-15-11(13-2)16-10(7)14-6-9-8(12)3-4-17-9/h3-5H,6H2,1-2H3,(H2,13,14,15,16). The molecule has 0 amide bonds. The van der Waals surface area contributed by atoms with Gasteiger partial charge in [0.25, 0.3) is 0 Å². The lowest BCUT2D eigenvalue weighted by Gasteiger charge is -2.09. The highest BCUT2D eigenvalue weighted by Crippen LogP contribution is 2.24. The largest absolute Gasteiger partial charge is 0.365 e. The van der Waals surface area contributed by atoms with Crippen molar-refractivity contribution in [2.24, 2.45) is 0 Å². The van der Waals surface area contributed by atoms with Crippen LogP contribution in [0, 0.1) is 6.92 Å². The van der Waals surface area contributed by atoms with Crippen molar-refractivity contribution in [3.05, 3.63) is 32.6 Å². The number of rotatable bonds is 4. The van der Waals surface area contributed by atoms with Crippen LogP contribution in [0.4, 0.5) is 11.8 Å². The van der Waals surface area contributed by atoms with Crippen LogP contribution in [0.3, 0.4) is 0 Å². The highest BCUT2D eigenvalue weighted by Gasteiger charge is 2.05. The van der Waals surface area contributed by atoms with E-state index in [-0.39, 0.29) is 0 Å². The van der Waals surface area contributed by atoms with Crippen LogP contribution in [-0.2, 0) is 6.54 Å². The summed E-state index contributed by atoms with van der Waals surface area (Å²) in [6, 6.07) is 2.05. The van der Waals surface area contributed by atoms with Gasteiger partial charge in [0.15, 0.2) is 0 Å². The molecule has 0 atom stereocenters. The number of aromatic nitrogens is 2. The Morgan fingerprint density at radius 1 is 1.47 bits per heavy atom. The fraction of sp³-hybridized carbons (Fsp3) is 0.273. The molecule has 2 heterocycles. The summed E-state index contributed by atoms with van der Waals surface area (Å²) in [7, 11) is 1.81. The molecule has 0 saturated carbocycles. The molecular weight excluding hydrogens is 300 g/mol. The lowest BCUT2D eigenvalue weighted by molar-refractivity contribution is 1.07. The van der Waals surface area contributed by atoms with E-state index in [2.05, 4.69) is 41.9 Å². The van der Waals surface area contributed by atoms with Gasteiger partial charge in [-0.1, -0.05) is 0 Å². The van der Waals surface area contributed by atoms with Gasteiger partial charge < -0.3 is 10.6 Å². The molecule has 0 aromatic carbocycles. The molecule has 90 valence electrons. The zero-order chi connectivity index (χ0) is 12.3. The molecule has 6 heteroatoms. The van der Waals surface area contributed by atoms with Crippen LogP contribution in [0.1, 0.15) is 10.4 Å². The number of aryl methyl sites for hydroxylation is 1. The number of anilines is 2. The van der Waals surface area contributed by atoms with Crippen molar-refractivity contribution in [3.63, 3.8) is 0 Å². The zero-order valence-corrected chi connectivity index (χ0v) is 12.0. The predicted molar refractivity (Wildman–Crippen MR) is 75.7 cm³/mol. The minimum Gasteiger partial charge on any atom is -0.365 e. The predicted octanol–water partition coefficient (Wildman–Crippen LogP) is 3.26. The van der Waals surface area contributed by atoms with Crippen molar-refractivity contribution >= 4 is 39.0 Å². The fourth-order valence-corrected chi connectivity index (χ4v) is 2.79. The number of hydrogen-bond acceptors (Lipinski definition) is 5. The molecule has 2 rings (SSSR count).